The number of piperazine rings is 1. The molecule has 1 amide bonds. The first kappa shape index (κ1) is 22.3. The Morgan fingerprint density at radius 1 is 1.22 bits per heavy atom. The number of alkyl halides is 3. The largest absolute Gasteiger partial charge is 0.423 e. The van der Waals surface area contributed by atoms with Crippen molar-refractivity contribution in [3.8, 4) is 0 Å². The molecule has 1 aromatic carbocycles. The number of ether oxygens (including phenoxy) is 1. The summed E-state index contributed by atoms with van der Waals surface area (Å²) in [5.74, 6) is -0.00618. The highest BCUT2D eigenvalue weighted by molar-refractivity contribution is 5.76. The smallest absolute Gasteiger partial charge is 0.378 e. The number of rotatable bonds is 6. The minimum Gasteiger partial charge on any atom is -0.378 e. The van der Waals surface area contributed by atoms with Crippen LogP contribution < -0.4 is 15.8 Å². The summed E-state index contributed by atoms with van der Waals surface area (Å²) in [6, 6.07) is 6.76. The molecule has 2 aliphatic heterocycles. The van der Waals surface area contributed by atoms with Crippen LogP contribution in [0.25, 0.3) is 0 Å². The summed E-state index contributed by atoms with van der Waals surface area (Å²) in [4.78, 5) is 27.5. The minimum absolute atomic E-state index is 0.00618. The Hall–Kier alpha value is -2.92. The second kappa shape index (κ2) is 9.29. The molecule has 0 radical (unpaired) electrons. The van der Waals surface area contributed by atoms with Gasteiger partial charge in [0.25, 0.3) is 5.56 Å². The van der Waals surface area contributed by atoms with Crippen LogP contribution in [0.5, 0.6) is 0 Å². The number of H-pyrrole nitrogens is 1. The molecule has 8 nitrogen and oxygen atoms in total. The first-order valence-corrected chi connectivity index (χ1v) is 10.4. The van der Waals surface area contributed by atoms with Crippen LogP contribution in [0.3, 0.4) is 0 Å². The molecule has 3 heterocycles. The van der Waals surface area contributed by atoms with Crippen molar-refractivity contribution in [2.75, 3.05) is 44.3 Å². The molecular weight excluding hydrogens is 427 g/mol. The van der Waals surface area contributed by atoms with E-state index in [0.717, 1.165) is 30.4 Å². The number of halogens is 3. The molecule has 4 rings (SSSR count). The van der Waals surface area contributed by atoms with Gasteiger partial charge < -0.3 is 19.9 Å². The molecule has 1 aromatic heterocycles. The van der Waals surface area contributed by atoms with Crippen LogP contribution >= 0.6 is 0 Å². The summed E-state index contributed by atoms with van der Waals surface area (Å²) < 4.78 is 46.7. The Bertz CT molecular complexity index is 1020. The molecule has 2 aliphatic rings. The van der Waals surface area contributed by atoms with E-state index in [4.69, 9.17) is 4.74 Å². The van der Waals surface area contributed by atoms with Crippen LogP contribution in [0.2, 0.25) is 0 Å². The van der Waals surface area contributed by atoms with E-state index in [0.29, 0.717) is 13.1 Å². The normalized spacial score (nSPS) is 18.7. The number of hydrogen-bond acceptors (Lipinski definition) is 6. The number of aromatic amines is 1. The summed E-state index contributed by atoms with van der Waals surface area (Å²) in [6.07, 6.45) is -3.60. The number of fused-ring (bicyclic) bond motifs is 1. The number of carbonyl (C=O) groups excluding carboxylic acids is 1. The zero-order chi connectivity index (χ0) is 22.7. The zero-order valence-electron chi connectivity index (χ0n) is 17.3. The number of hydrogen-bond donors (Lipinski definition) is 2. The number of nitrogens with zero attached hydrogens (tertiary/aromatic N) is 3. The van der Waals surface area contributed by atoms with Crippen molar-refractivity contribution in [1.29, 1.82) is 0 Å². The van der Waals surface area contributed by atoms with Gasteiger partial charge in [-0.25, -0.2) is 5.10 Å². The lowest BCUT2D eigenvalue weighted by atomic mass is 10.1. The topological polar surface area (TPSA) is 90.6 Å². The first-order chi connectivity index (χ1) is 15.4. The van der Waals surface area contributed by atoms with E-state index < -0.39 is 23.3 Å². The summed E-state index contributed by atoms with van der Waals surface area (Å²) in [6.45, 7) is 3.25. The Morgan fingerprint density at radius 3 is 2.72 bits per heavy atom. The summed E-state index contributed by atoms with van der Waals surface area (Å²) in [7, 11) is 0. The van der Waals surface area contributed by atoms with Gasteiger partial charge in [-0.05, 0) is 11.1 Å². The number of anilines is 1. The van der Waals surface area contributed by atoms with Crippen LogP contribution in [0.4, 0.5) is 18.9 Å². The van der Waals surface area contributed by atoms with Crippen molar-refractivity contribution in [2.24, 2.45) is 0 Å². The van der Waals surface area contributed by atoms with E-state index in [9.17, 15) is 22.8 Å². The Kier molecular flexibility index (Phi) is 6.47. The van der Waals surface area contributed by atoms with Gasteiger partial charge in [-0.15, -0.1) is 0 Å². The second-order valence-electron chi connectivity index (χ2n) is 7.76. The van der Waals surface area contributed by atoms with Crippen LogP contribution in [0.1, 0.15) is 29.2 Å². The molecular formula is C21H24F3N5O3. The predicted molar refractivity (Wildman–Crippen MR) is 110 cm³/mol. The zero-order valence-corrected chi connectivity index (χ0v) is 17.3. The number of aromatic nitrogens is 2. The molecule has 2 aromatic rings. The average Bonchev–Trinajstić information content (AvgIpc) is 3.14. The van der Waals surface area contributed by atoms with Crippen LogP contribution in [0.15, 0.2) is 35.3 Å². The Labute approximate surface area is 182 Å². The fourth-order valence-electron chi connectivity index (χ4n) is 4.21. The molecule has 1 fully saturated rings. The highest BCUT2D eigenvalue weighted by atomic mass is 19.4. The molecule has 1 atom stereocenters. The molecule has 1 saturated heterocycles. The molecule has 0 unspecified atom stereocenters. The SMILES string of the molecule is O=C(CCOC[C@H]1c2ccccc2CN1c1cn[nH]c(=O)c1C(F)(F)F)N1CCNCC1. The highest BCUT2D eigenvalue weighted by Crippen LogP contribution is 2.41. The number of nitrogens with one attached hydrogen (secondary N) is 2. The molecule has 172 valence electrons. The van der Waals surface area contributed by atoms with Gasteiger partial charge in [-0.3, -0.25) is 9.59 Å². The number of benzene rings is 1. The van der Waals surface area contributed by atoms with Crippen LogP contribution in [-0.2, 0) is 22.3 Å². The van der Waals surface area contributed by atoms with Gasteiger partial charge in [0.2, 0.25) is 5.91 Å². The lowest BCUT2D eigenvalue weighted by molar-refractivity contribution is -0.138. The monoisotopic (exact) mass is 451 g/mol. The quantitative estimate of drug-likeness (QED) is 0.650. The molecule has 32 heavy (non-hydrogen) atoms. The molecule has 0 saturated carbocycles. The molecule has 2 N–H and O–H groups in total. The third kappa shape index (κ3) is 4.63. The standard InChI is InChI=1S/C21H24F3N5O3/c22-21(23,24)19-16(11-26-27-20(19)31)29-12-14-3-1-2-4-15(14)17(29)13-32-10-5-18(30)28-8-6-25-7-9-28/h1-4,11,17,25H,5-10,12-13H2,(H,27,31)/t17-/m0/s1. The van der Waals surface area contributed by atoms with Crippen LogP contribution in [0, 0.1) is 0 Å². The maximum absolute atomic E-state index is 13.6. The van der Waals surface area contributed by atoms with E-state index >= 15 is 0 Å². The summed E-state index contributed by atoms with van der Waals surface area (Å²) in [5.41, 5.74) is -1.17. The Morgan fingerprint density at radius 2 is 1.97 bits per heavy atom. The predicted octanol–water partition coefficient (Wildman–Crippen LogP) is 1.69. The van der Waals surface area contributed by atoms with Gasteiger partial charge >= 0.3 is 6.18 Å². The summed E-state index contributed by atoms with van der Waals surface area (Å²) in [5, 5.41) is 8.65. The fourth-order valence-corrected chi connectivity index (χ4v) is 4.21. The van der Waals surface area contributed by atoms with Gasteiger partial charge in [-0.2, -0.15) is 18.3 Å². The molecule has 11 heteroatoms. The van der Waals surface area contributed by atoms with Crippen molar-refractivity contribution in [3.05, 3.63) is 57.5 Å². The number of amides is 1. The van der Waals surface area contributed by atoms with Gasteiger partial charge in [-0.1, -0.05) is 24.3 Å². The van der Waals surface area contributed by atoms with Crippen molar-refractivity contribution in [1.82, 2.24) is 20.4 Å². The van der Waals surface area contributed by atoms with E-state index in [1.54, 1.807) is 4.90 Å². The van der Waals surface area contributed by atoms with E-state index in [2.05, 4.69) is 10.4 Å². The second-order valence-corrected chi connectivity index (χ2v) is 7.76. The maximum atomic E-state index is 13.6. The average molecular weight is 451 g/mol. The van der Waals surface area contributed by atoms with Gasteiger partial charge in [0, 0.05) is 32.7 Å². The lowest BCUT2D eigenvalue weighted by Gasteiger charge is -2.29. The highest BCUT2D eigenvalue weighted by Gasteiger charge is 2.41. The van der Waals surface area contributed by atoms with Crippen molar-refractivity contribution in [2.45, 2.75) is 25.2 Å². The minimum atomic E-state index is -4.83. The van der Waals surface area contributed by atoms with E-state index in [1.165, 1.54) is 4.90 Å². The van der Waals surface area contributed by atoms with Gasteiger partial charge in [0.15, 0.2) is 0 Å². The third-order valence-corrected chi connectivity index (χ3v) is 5.77. The molecule has 0 aliphatic carbocycles. The van der Waals surface area contributed by atoms with Gasteiger partial charge in [0.05, 0.1) is 37.6 Å². The first-order valence-electron chi connectivity index (χ1n) is 10.4. The summed E-state index contributed by atoms with van der Waals surface area (Å²) >= 11 is 0. The third-order valence-electron chi connectivity index (χ3n) is 5.77. The lowest BCUT2D eigenvalue weighted by Crippen LogP contribution is -2.46. The maximum Gasteiger partial charge on any atom is 0.423 e. The molecule has 0 bridgehead atoms. The fraction of sp³-hybridized carbons (Fsp3) is 0.476. The van der Waals surface area contributed by atoms with Gasteiger partial charge in [0.1, 0.15) is 5.56 Å². The van der Waals surface area contributed by atoms with E-state index in [-0.39, 0.29) is 37.8 Å². The van der Waals surface area contributed by atoms with E-state index in [1.807, 2.05) is 29.4 Å². The molecule has 0 spiro atoms. The Balaban J connectivity index is 1.50. The van der Waals surface area contributed by atoms with Crippen LogP contribution in [-0.4, -0.2) is 60.4 Å². The number of carbonyl (C=O) groups is 1. The van der Waals surface area contributed by atoms with Crippen molar-refractivity contribution >= 4 is 11.6 Å². The van der Waals surface area contributed by atoms with Crippen molar-refractivity contribution in [3.63, 3.8) is 0 Å². The van der Waals surface area contributed by atoms with Crippen molar-refractivity contribution < 1.29 is 22.7 Å².